The van der Waals surface area contributed by atoms with E-state index < -0.39 is 0 Å². The second-order valence-electron chi connectivity index (χ2n) is 3.59. The van der Waals surface area contributed by atoms with E-state index in [1.54, 1.807) is 17.6 Å². The minimum absolute atomic E-state index is 0.0992. The van der Waals surface area contributed by atoms with Gasteiger partial charge in [-0.1, -0.05) is 6.07 Å². The van der Waals surface area contributed by atoms with E-state index in [1.807, 2.05) is 47.5 Å². The van der Waals surface area contributed by atoms with Gasteiger partial charge in [-0.2, -0.15) is 5.10 Å². The molecule has 0 aliphatic carbocycles. The first-order valence-corrected chi connectivity index (χ1v) is 6.09. The topological polar surface area (TPSA) is 46.4 Å². The highest BCUT2D eigenvalue weighted by atomic mass is 32.1. The van der Waals surface area contributed by atoms with Gasteiger partial charge in [-0.05, 0) is 23.6 Å². The van der Waals surface area contributed by atoms with E-state index in [1.165, 1.54) is 0 Å². The molecule has 2 rings (SSSR count). The first-order chi connectivity index (χ1) is 8.25. The Morgan fingerprint density at radius 1 is 1.53 bits per heavy atom. The molecule has 0 atom stereocenters. The molecule has 4 nitrogen and oxygen atoms in total. The Morgan fingerprint density at radius 3 is 3.06 bits per heavy atom. The zero-order valence-corrected chi connectivity index (χ0v) is 10.3. The lowest BCUT2D eigenvalue weighted by molar-refractivity contribution is -0.120. The molecule has 0 saturated carbocycles. The summed E-state index contributed by atoms with van der Waals surface area (Å²) in [7, 11) is 1.93. The quantitative estimate of drug-likeness (QED) is 0.649. The molecule has 0 aliphatic rings. The van der Waals surface area contributed by atoms with Crippen molar-refractivity contribution in [3.8, 4) is 0 Å². The zero-order chi connectivity index (χ0) is 12.1. The van der Waals surface area contributed by atoms with Gasteiger partial charge in [0.25, 0.3) is 0 Å². The Labute approximate surface area is 104 Å². The summed E-state index contributed by atoms with van der Waals surface area (Å²) in [5, 5.41) is 5.87. The number of hydrogen-bond donors (Lipinski definition) is 1. The van der Waals surface area contributed by atoms with Crippen LogP contribution in [0.3, 0.4) is 0 Å². The maximum Gasteiger partial charge on any atom is 0.245 e. The van der Waals surface area contributed by atoms with E-state index in [-0.39, 0.29) is 5.91 Å². The summed E-state index contributed by atoms with van der Waals surface area (Å²) in [6.07, 6.45) is 3.93. The molecule has 0 fully saturated rings. The molecule has 17 heavy (non-hydrogen) atoms. The molecular formula is C12H13N3OS. The highest BCUT2D eigenvalue weighted by molar-refractivity contribution is 7.10. The Morgan fingerprint density at radius 2 is 2.41 bits per heavy atom. The highest BCUT2D eigenvalue weighted by Gasteiger charge is 2.02. The third kappa shape index (κ3) is 3.29. The first kappa shape index (κ1) is 11.6. The fourth-order valence-electron chi connectivity index (χ4n) is 1.39. The third-order valence-corrected chi connectivity index (χ3v) is 3.16. The lowest BCUT2D eigenvalue weighted by atomic mass is 10.3. The van der Waals surface area contributed by atoms with Gasteiger partial charge < -0.3 is 4.57 Å². The van der Waals surface area contributed by atoms with Crippen LogP contribution in [0, 0.1) is 0 Å². The fraction of sp³-hybridized carbons (Fsp3) is 0.167. The van der Waals surface area contributed by atoms with Crippen molar-refractivity contribution in [1.29, 1.82) is 0 Å². The summed E-state index contributed by atoms with van der Waals surface area (Å²) in [6.45, 7) is 0. The van der Waals surface area contributed by atoms with Crippen molar-refractivity contribution in [2.75, 3.05) is 0 Å². The van der Waals surface area contributed by atoms with Crippen molar-refractivity contribution in [2.45, 2.75) is 6.42 Å². The lowest BCUT2D eigenvalue weighted by Gasteiger charge is -1.98. The smallest absolute Gasteiger partial charge is 0.245 e. The highest BCUT2D eigenvalue weighted by Crippen LogP contribution is 2.08. The van der Waals surface area contributed by atoms with Crippen LogP contribution in [0.1, 0.15) is 10.6 Å². The molecule has 88 valence electrons. The first-order valence-electron chi connectivity index (χ1n) is 5.21. The average molecular weight is 247 g/mol. The maximum absolute atomic E-state index is 11.5. The molecule has 1 N–H and O–H groups in total. The summed E-state index contributed by atoms with van der Waals surface area (Å²) < 4.78 is 1.93. The molecule has 0 radical (unpaired) electrons. The van der Waals surface area contributed by atoms with Crippen LogP contribution in [0.2, 0.25) is 0 Å². The number of aromatic nitrogens is 1. The number of carbonyl (C=O) groups is 1. The lowest BCUT2D eigenvalue weighted by Crippen LogP contribution is -2.19. The molecule has 5 heteroatoms. The van der Waals surface area contributed by atoms with E-state index >= 15 is 0 Å². The molecule has 0 aliphatic heterocycles. The summed E-state index contributed by atoms with van der Waals surface area (Å²) in [4.78, 5) is 12.5. The fourth-order valence-corrected chi connectivity index (χ4v) is 2.09. The van der Waals surface area contributed by atoms with Gasteiger partial charge in [0.05, 0.1) is 18.3 Å². The van der Waals surface area contributed by atoms with E-state index in [9.17, 15) is 4.79 Å². The van der Waals surface area contributed by atoms with Gasteiger partial charge in [-0.3, -0.25) is 4.79 Å². The molecular weight excluding hydrogens is 234 g/mol. The molecule has 2 heterocycles. The Bertz CT molecular complexity index is 514. The van der Waals surface area contributed by atoms with Crippen molar-refractivity contribution in [3.63, 3.8) is 0 Å². The van der Waals surface area contributed by atoms with E-state index in [4.69, 9.17) is 0 Å². The number of rotatable bonds is 4. The van der Waals surface area contributed by atoms with Gasteiger partial charge >= 0.3 is 0 Å². The standard InChI is InChI=1S/C12H13N3OS/c1-15-6-2-4-10(15)9-13-14-12(16)8-11-5-3-7-17-11/h2-7,9H,8H2,1H3,(H,14,16)/b13-9-. The average Bonchev–Trinajstić information content (AvgIpc) is 2.91. The summed E-state index contributed by atoms with van der Waals surface area (Å²) in [5.41, 5.74) is 3.46. The van der Waals surface area contributed by atoms with Crippen LogP contribution < -0.4 is 5.43 Å². The van der Waals surface area contributed by atoms with Gasteiger partial charge in [0.15, 0.2) is 0 Å². The second-order valence-corrected chi connectivity index (χ2v) is 4.63. The van der Waals surface area contributed by atoms with Crippen molar-refractivity contribution < 1.29 is 4.79 Å². The molecule has 0 saturated heterocycles. The normalized spacial score (nSPS) is 10.9. The van der Waals surface area contributed by atoms with E-state index in [2.05, 4.69) is 10.5 Å². The van der Waals surface area contributed by atoms with Gasteiger partial charge in [0.1, 0.15) is 0 Å². The van der Waals surface area contributed by atoms with Crippen molar-refractivity contribution >= 4 is 23.5 Å². The molecule has 0 unspecified atom stereocenters. The van der Waals surface area contributed by atoms with E-state index in [0.717, 1.165) is 10.6 Å². The number of aryl methyl sites for hydroxylation is 1. The van der Waals surface area contributed by atoms with Gasteiger partial charge in [0, 0.05) is 18.1 Å². The molecule has 0 spiro atoms. The Kier molecular flexibility index (Phi) is 3.72. The van der Waals surface area contributed by atoms with Crippen LogP contribution >= 0.6 is 11.3 Å². The Balaban J connectivity index is 1.84. The van der Waals surface area contributed by atoms with Crippen molar-refractivity contribution in [2.24, 2.45) is 12.1 Å². The number of carbonyl (C=O) groups excluding carboxylic acids is 1. The summed E-state index contributed by atoms with van der Waals surface area (Å²) in [5.74, 6) is -0.0992. The predicted octanol–water partition coefficient (Wildman–Crippen LogP) is 1.78. The van der Waals surface area contributed by atoms with Crippen LogP contribution in [-0.4, -0.2) is 16.7 Å². The number of thiophene rings is 1. The minimum Gasteiger partial charge on any atom is -0.350 e. The molecule has 0 bridgehead atoms. The van der Waals surface area contributed by atoms with Gasteiger partial charge in [-0.15, -0.1) is 11.3 Å². The van der Waals surface area contributed by atoms with Crippen LogP contribution in [0.15, 0.2) is 40.9 Å². The molecule has 2 aromatic rings. The van der Waals surface area contributed by atoms with Crippen LogP contribution in [0.4, 0.5) is 0 Å². The zero-order valence-electron chi connectivity index (χ0n) is 9.46. The Hall–Kier alpha value is -1.88. The number of hydrazone groups is 1. The van der Waals surface area contributed by atoms with Crippen molar-refractivity contribution in [1.82, 2.24) is 9.99 Å². The monoisotopic (exact) mass is 247 g/mol. The maximum atomic E-state index is 11.5. The predicted molar refractivity (Wildman–Crippen MR) is 69.2 cm³/mol. The largest absolute Gasteiger partial charge is 0.350 e. The second kappa shape index (κ2) is 5.45. The number of nitrogens with one attached hydrogen (secondary N) is 1. The molecule has 2 aromatic heterocycles. The minimum atomic E-state index is -0.0992. The number of amides is 1. The van der Waals surface area contributed by atoms with Gasteiger partial charge in [0.2, 0.25) is 5.91 Å². The van der Waals surface area contributed by atoms with Crippen LogP contribution in [-0.2, 0) is 18.3 Å². The van der Waals surface area contributed by atoms with Crippen molar-refractivity contribution in [3.05, 3.63) is 46.4 Å². The van der Waals surface area contributed by atoms with Crippen LogP contribution in [0.5, 0.6) is 0 Å². The molecule has 1 amide bonds. The van der Waals surface area contributed by atoms with Gasteiger partial charge in [-0.25, -0.2) is 5.43 Å². The molecule has 0 aromatic carbocycles. The number of nitrogens with zero attached hydrogens (tertiary/aromatic N) is 2. The summed E-state index contributed by atoms with van der Waals surface area (Å²) in [6, 6.07) is 7.72. The van der Waals surface area contributed by atoms with Crippen LogP contribution in [0.25, 0.3) is 0 Å². The summed E-state index contributed by atoms with van der Waals surface area (Å²) >= 11 is 1.57. The van der Waals surface area contributed by atoms with E-state index in [0.29, 0.717) is 6.42 Å². The third-order valence-electron chi connectivity index (χ3n) is 2.28. The number of hydrogen-bond acceptors (Lipinski definition) is 3. The SMILES string of the molecule is Cn1cccc1/C=N\NC(=O)Cc1cccs1.